The van der Waals surface area contributed by atoms with Gasteiger partial charge in [-0.25, -0.2) is 4.98 Å². The molecular formula is C18H24N6. The second kappa shape index (κ2) is 8.16. The normalized spacial score (nSPS) is 11.8. The zero-order chi connectivity index (χ0) is 17.4. The lowest BCUT2D eigenvalue weighted by atomic mass is 9.87. The Balaban J connectivity index is 1.92. The summed E-state index contributed by atoms with van der Waals surface area (Å²) >= 11 is 0. The highest BCUT2D eigenvalue weighted by molar-refractivity contribution is 5.94. The molecule has 2 rings (SSSR count). The smallest absolute Gasteiger partial charge is 0.209 e. The first kappa shape index (κ1) is 17.5. The highest BCUT2D eigenvalue weighted by atomic mass is 15.2. The Morgan fingerprint density at radius 2 is 2.04 bits per heavy atom. The van der Waals surface area contributed by atoms with Crippen LogP contribution in [-0.2, 0) is 12.0 Å². The quantitative estimate of drug-likeness (QED) is 0.291. The molecule has 24 heavy (non-hydrogen) atoms. The third-order valence-electron chi connectivity index (χ3n) is 3.59. The summed E-state index contributed by atoms with van der Waals surface area (Å²) in [5.74, 6) is 0.464. The van der Waals surface area contributed by atoms with Crippen LogP contribution in [0.4, 0.5) is 5.69 Å². The molecule has 0 aliphatic carbocycles. The molecule has 2 N–H and O–H groups in total. The highest BCUT2D eigenvalue weighted by Gasteiger charge is 2.12. The summed E-state index contributed by atoms with van der Waals surface area (Å²) in [4.78, 5) is 8.42. The molecule has 1 aromatic heterocycles. The van der Waals surface area contributed by atoms with Gasteiger partial charge in [0, 0.05) is 31.2 Å². The molecule has 2 aromatic rings. The van der Waals surface area contributed by atoms with Gasteiger partial charge in [-0.05, 0) is 29.5 Å². The number of benzene rings is 1. The Labute approximate surface area is 143 Å². The fourth-order valence-electron chi connectivity index (χ4n) is 2.22. The topological polar surface area (TPSA) is 78.0 Å². The fraction of sp³-hybridized carbons (Fsp3) is 0.389. The number of aromatic nitrogens is 2. The van der Waals surface area contributed by atoms with Crippen LogP contribution in [0, 0.1) is 11.5 Å². The van der Waals surface area contributed by atoms with Crippen molar-refractivity contribution in [2.24, 2.45) is 4.99 Å². The maximum Gasteiger partial charge on any atom is 0.209 e. The zero-order valence-corrected chi connectivity index (χ0v) is 14.5. The van der Waals surface area contributed by atoms with Gasteiger partial charge in [0.1, 0.15) is 0 Å². The van der Waals surface area contributed by atoms with Crippen molar-refractivity contribution < 1.29 is 0 Å². The van der Waals surface area contributed by atoms with Crippen molar-refractivity contribution in [3.05, 3.63) is 48.5 Å². The maximum atomic E-state index is 8.88. The minimum absolute atomic E-state index is 0.119. The van der Waals surface area contributed by atoms with Crippen molar-refractivity contribution in [2.75, 3.05) is 11.9 Å². The highest BCUT2D eigenvalue weighted by Crippen LogP contribution is 2.23. The number of rotatable bonds is 5. The minimum atomic E-state index is 0.119. The van der Waals surface area contributed by atoms with Crippen LogP contribution in [-0.4, -0.2) is 22.1 Å². The molecule has 0 unspecified atom stereocenters. The van der Waals surface area contributed by atoms with E-state index >= 15 is 0 Å². The molecule has 0 saturated heterocycles. The third-order valence-corrected chi connectivity index (χ3v) is 3.59. The van der Waals surface area contributed by atoms with Gasteiger partial charge in [0.2, 0.25) is 5.96 Å². The Morgan fingerprint density at radius 3 is 2.62 bits per heavy atom. The number of imidazole rings is 1. The van der Waals surface area contributed by atoms with Gasteiger partial charge in [-0.1, -0.05) is 32.9 Å². The molecule has 0 aliphatic heterocycles. The first-order valence-corrected chi connectivity index (χ1v) is 8.02. The second-order valence-electron chi connectivity index (χ2n) is 6.57. The monoisotopic (exact) mass is 324 g/mol. The van der Waals surface area contributed by atoms with Gasteiger partial charge in [0.15, 0.2) is 6.19 Å². The predicted molar refractivity (Wildman–Crippen MR) is 96.7 cm³/mol. The van der Waals surface area contributed by atoms with Gasteiger partial charge in [0.25, 0.3) is 0 Å². The summed E-state index contributed by atoms with van der Waals surface area (Å²) in [5, 5.41) is 14.6. The van der Waals surface area contributed by atoms with E-state index < -0.39 is 0 Å². The lowest BCUT2D eigenvalue weighted by Crippen LogP contribution is -2.27. The molecule has 126 valence electrons. The van der Waals surface area contributed by atoms with Gasteiger partial charge < -0.3 is 9.88 Å². The van der Waals surface area contributed by atoms with E-state index in [1.165, 1.54) is 5.56 Å². The van der Waals surface area contributed by atoms with Crippen molar-refractivity contribution in [2.45, 2.75) is 39.2 Å². The largest absolute Gasteiger partial charge is 0.337 e. The molecule has 0 spiro atoms. The molecule has 6 heteroatoms. The minimum Gasteiger partial charge on any atom is -0.337 e. The molecule has 1 aromatic carbocycles. The summed E-state index contributed by atoms with van der Waals surface area (Å²) in [7, 11) is 0. The Kier molecular flexibility index (Phi) is 5.96. The number of nitrogens with one attached hydrogen (secondary N) is 2. The lowest BCUT2D eigenvalue weighted by molar-refractivity contribution is 0.590. The number of nitriles is 1. The Hall–Kier alpha value is -2.81. The van der Waals surface area contributed by atoms with Gasteiger partial charge >= 0.3 is 0 Å². The molecule has 1 heterocycles. The summed E-state index contributed by atoms with van der Waals surface area (Å²) in [6, 6.07) is 8.18. The van der Waals surface area contributed by atoms with E-state index in [9.17, 15) is 0 Å². The molecule has 6 nitrogen and oxygen atoms in total. The number of aryl methyl sites for hydroxylation is 1. The summed E-state index contributed by atoms with van der Waals surface area (Å²) in [6.07, 6.45) is 8.26. The number of anilines is 1. The maximum absolute atomic E-state index is 8.88. The van der Waals surface area contributed by atoms with Gasteiger partial charge in [-0.3, -0.25) is 10.3 Å². The van der Waals surface area contributed by atoms with Crippen molar-refractivity contribution in [1.29, 1.82) is 5.26 Å². The van der Waals surface area contributed by atoms with Crippen LogP contribution in [0.5, 0.6) is 0 Å². The molecule has 0 bridgehead atoms. The molecule has 0 radical (unpaired) electrons. The standard InChI is InChI=1S/C18H24N6/c1-18(2,3)15-5-7-16(8-6-15)23-17(22-13-19)21-9-4-11-24-12-10-20-14-24/h5-8,10,12,14H,4,9,11H2,1-3H3,(H2,21,22,23). The first-order valence-electron chi connectivity index (χ1n) is 8.02. The average molecular weight is 324 g/mol. The van der Waals surface area contributed by atoms with Crippen LogP contribution < -0.4 is 10.6 Å². The van der Waals surface area contributed by atoms with Crippen LogP contribution in [0.1, 0.15) is 32.8 Å². The van der Waals surface area contributed by atoms with Crippen molar-refractivity contribution in [3.63, 3.8) is 0 Å². The lowest BCUT2D eigenvalue weighted by Gasteiger charge is -2.19. The van der Waals surface area contributed by atoms with Crippen LogP contribution >= 0.6 is 0 Å². The van der Waals surface area contributed by atoms with Crippen LogP contribution in [0.2, 0.25) is 0 Å². The van der Waals surface area contributed by atoms with Gasteiger partial charge in [-0.2, -0.15) is 5.26 Å². The van der Waals surface area contributed by atoms with E-state index in [2.05, 4.69) is 53.5 Å². The van der Waals surface area contributed by atoms with E-state index in [-0.39, 0.29) is 5.41 Å². The number of nitrogens with zero attached hydrogens (tertiary/aromatic N) is 4. The van der Waals surface area contributed by atoms with E-state index in [1.807, 2.05) is 29.1 Å². The molecule has 0 saturated carbocycles. The Bertz CT molecular complexity index is 687. The van der Waals surface area contributed by atoms with Crippen LogP contribution in [0.3, 0.4) is 0 Å². The number of aliphatic imine (C=N–C) groups is 1. The molecular weight excluding hydrogens is 300 g/mol. The first-order chi connectivity index (χ1) is 11.5. The fourth-order valence-corrected chi connectivity index (χ4v) is 2.22. The van der Waals surface area contributed by atoms with Crippen molar-refractivity contribution in [3.8, 4) is 6.19 Å². The SMILES string of the molecule is CC(C)(C)c1ccc(NC(=NCCCn2ccnc2)NC#N)cc1. The third kappa shape index (κ3) is 5.43. The van der Waals surface area contributed by atoms with Gasteiger partial charge in [0.05, 0.1) is 6.33 Å². The molecule has 0 amide bonds. The Morgan fingerprint density at radius 1 is 1.29 bits per heavy atom. The second-order valence-corrected chi connectivity index (χ2v) is 6.57. The predicted octanol–water partition coefficient (Wildman–Crippen LogP) is 3.11. The number of guanidine groups is 1. The van der Waals surface area contributed by atoms with Gasteiger partial charge in [-0.15, -0.1) is 0 Å². The van der Waals surface area contributed by atoms with Crippen LogP contribution in [0.25, 0.3) is 0 Å². The van der Waals surface area contributed by atoms with Crippen molar-refractivity contribution in [1.82, 2.24) is 14.9 Å². The summed E-state index contributed by atoms with van der Waals surface area (Å²) in [5.41, 5.74) is 2.28. The van der Waals surface area contributed by atoms with Crippen LogP contribution in [0.15, 0.2) is 48.0 Å². The summed E-state index contributed by atoms with van der Waals surface area (Å²) < 4.78 is 2.01. The zero-order valence-electron chi connectivity index (χ0n) is 14.5. The molecule has 0 fully saturated rings. The van der Waals surface area contributed by atoms with E-state index in [0.29, 0.717) is 12.5 Å². The van der Waals surface area contributed by atoms with Crippen molar-refractivity contribution >= 4 is 11.6 Å². The summed E-state index contributed by atoms with van der Waals surface area (Å²) in [6.45, 7) is 8.01. The number of hydrogen-bond acceptors (Lipinski definition) is 3. The molecule has 0 aliphatic rings. The molecule has 0 atom stereocenters. The van der Waals surface area contributed by atoms with E-state index in [4.69, 9.17) is 5.26 Å². The average Bonchev–Trinajstić information content (AvgIpc) is 3.04. The van der Waals surface area contributed by atoms with E-state index in [1.54, 1.807) is 12.5 Å². The number of hydrogen-bond donors (Lipinski definition) is 2. The van der Waals surface area contributed by atoms with E-state index in [0.717, 1.165) is 18.7 Å².